The lowest BCUT2D eigenvalue weighted by atomic mass is 9.95. The van der Waals surface area contributed by atoms with Crippen LogP contribution in [-0.4, -0.2) is 333 Å². The van der Waals surface area contributed by atoms with Gasteiger partial charge in [-0.2, -0.15) is 0 Å². The van der Waals surface area contributed by atoms with E-state index in [0.29, 0.717) is 41.4 Å². The van der Waals surface area contributed by atoms with Crippen LogP contribution in [0.4, 0.5) is 22.7 Å². The van der Waals surface area contributed by atoms with Gasteiger partial charge in [0.2, 0.25) is 0 Å². The maximum atomic E-state index is 10.3. The number of rotatable bonds is 20. The molecule has 0 saturated carbocycles. The quantitative estimate of drug-likeness (QED) is 0.0560. The molecule has 7 aromatic heterocycles. The summed E-state index contributed by atoms with van der Waals surface area (Å²) in [5, 5.41) is 34.4. The predicted octanol–water partition coefficient (Wildman–Crippen LogP) is 15.6. The summed E-state index contributed by atoms with van der Waals surface area (Å²) in [5.74, 6) is 3.42. The maximum Gasteiger partial charge on any atom is 0.0763 e. The van der Waals surface area contributed by atoms with Gasteiger partial charge in [0.25, 0.3) is 0 Å². The molecule has 7 aromatic rings. The monoisotopic (exact) mass is 1810 g/mol. The second-order valence-corrected chi connectivity index (χ2v) is 43.6. The number of aryl methyl sites for hydroxylation is 1. The molecule has 131 heavy (non-hydrogen) atoms. The Morgan fingerprint density at radius 3 is 0.924 bits per heavy atom. The molecule has 0 spiro atoms. The Morgan fingerprint density at radius 1 is 0.336 bits per heavy atom. The third kappa shape index (κ3) is 34.2. The van der Waals surface area contributed by atoms with Crippen molar-refractivity contribution in [3.05, 3.63) is 184 Å². The van der Waals surface area contributed by atoms with Crippen LogP contribution in [0.3, 0.4) is 0 Å². The summed E-state index contributed by atoms with van der Waals surface area (Å²) >= 11 is 0. The second kappa shape index (κ2) is 50.0. The third-order valence-electron chi connectivity index (χ3n) is 27.4. The Labute approximate surface area is 794 Å². The molecule has 1 unspecified atom stereocenters. The highest BCUT2D eigenvalue weighted by Crippen LogP contribution is 2.32. The maximum absolute atomic E-state index is 10.3. The molecule has 7 aliphatic rings. The molecule has 0 bridgehead atoms. The van der Waals surface area contributed by atoms with E-state index in [1.165, 1.54) is 77.0 Å². The molecule has 7 aliphatic heterocycles. The van der Waals surface area contributed by atoms with E-state index >= 15 is 0 Å². The van der Waals surface area contributed by atoms with Crippen molar-refractivity contribution >= 4 is 22.7 Å². The number of hydrogen-bond donors (Lipinski definition) is 4. The average molecular weight is 1810 g/mol. The zero-order chi connectivity index (χ0) is 96.6. The molecule has 24 nitrogen and oxygen atoms in total. The number of aromatic nitrogens is 7. The topological polar surface area (TPSA) is 205 Å². The minimum Gasteiger partial charge on any atom is -0.389 e. The Balaban J connectivity index is 0.000000189. The number of anilines is 4. The van der Waals surface area contributed by atoms with Gasteiger partial charge < -0.3 is 54.9 Å². The van der Waals surface area contributed by atoms with Crippen LogP contribution in [0.25, 0.3) is 0 Å². The van der Waals surface area contributed by atoms with Crippen LogP contribution in [-0.2, 0) is 19.6 Å². The van der Waals surface area contributed by atoms with Crippen LogP contribution in [0.2, 0.25) is 0 Å². The summed E-state index contributed by atoms with van der Waals surface area (Å²) in [4.78, 5) is 62.9. The van der Waals surface area contributed by atoms with Crippen LogP contribution < -0.4 is 24.9 Å². The standard InChI is InChI=1S/3C16H27N3O.C16H27N3.C15H25N3.2C14H23N3/c3*1-12(2)14-7-6-13(10-17-14)19-9-8-18(5)15(11-19)16(3,4)20;1-13(2)15-7-6-14(10-17-15)11-19-9-8-18(5)12-16(19,3)4;1-12(2)14-6-5-13(9-17-14)10-18-8-7-16-11-15(18,3)4;1-11(2)13-5-6-14(12(3)15-13)17-9-7-16(4)8-10-17;1-12(2)14-5-4-13(10-15-14)11-17-8-6-16(3)7-9-17/h3*6-7,10,12,15,20H,8-9,11H2,1-5H3;6-7,10,13H,8-9,11-12H2,1-5H3;5-6,9,12,16H,7-8,10-11H2,1-4H3;5-6,11H,7-10H2,1-4H3;4-5,10,12H,6-9,11H2,1-3H3/t2*15-;;;;;/m10...../s1. The van der Waals surface area contributed by atoms with E-state index in [1.807, 2.05) is 78.7 Å². The summed E-state index contributed by atoms with van der Waals surface area (Å²) in [6.45, 7) is 80.4. The van der Waals surface area contributed by atoms with E-state index in [9.17, 15) is 15.3 Å². The molecule has 0 aromatic carbocycles. The second-order valence-electron chi connectivity index (χ2n) is 43.6. The lowest BCUT2D eigenvalue weighted by Gasteiger charge is -2.46. The molecule has 730 valence electrons. The van der Waals surface area contributed by atoms with E-state index in [2.05, 4.69) is 358 Å². The Bertz CT molecular complexity index is 4190. The van der Waals surface area contributed by atoms with Crippen molar-refractivity contribution in [3.63, 3.8) is 0 Å². The highest BCUT2D eigenvalue weighted by Gasteiger charge is 2.39. The van der Waals surface area contributed by atoms with Crippen molar-refractivity contribution in [2.75, 3.05) is 212 Å². The largest absolute Gasteiger partial charge is 0.389 e. The van der Waals surface area contributed by atoms with Gasteiger partial charge in [-0.3, -0.25) is 64.3 Å². The van der Waals surface area contributed by atoms with Gasteiger partial charge >= 0.3 is 0 Å². The minimum absolute atomic E-state index is 0.140. The molecule has 7 saturated heterocycles. The van der Waals surface area contributed by atoms with Gasteiger partial charge in [0.1, 0.15) is 0 Å². The normalized spacial score (nSPS) is 20.5. The number of piperazine rings is 7. The highest BCUT2D eigenvalue weighted by atomic mass is 16.3. The number of nitrogens with one attached hydrogen (secondary N) is 1. The smallest absolute Gasteiger partial charge is 0.0763 e. The molecule has 14 rings (SSSR count). The van der Waals surface area contributed by atoms with Gasteiger partial charge in [-0.05, 0) is 243 Å². The zero-order valence-corrected chi connectivity index (χ0v) is 87.5. The fourth-order valence-corrected chi connectivity index (χ4v) is 18.0. The number of pyridine rings is 7. The van der Waals surface area contributed by atoms with E-state index in [4.69, 9.17) is 4.98 Å². The summed E-state index contributed by atoms with van der Waals surface area (Å²) in [7, 11) is 12.8. The number of likely N-dealkylation sites (N-methyl/N-ethyl adjacent to an activating group) is 6. The SMILES string of the molecule is CC(C)c1ccc(CN2CCN(C)CC2(C)C)cn1.CC(C)c1ccc(CN2CCN(C)CC2)cn1.CC(C)c1ccc(CN2CCNCC2(C)C)cn1.CC(C)c1ccc(N2CCN(C)C(C(C)(C)O)C2)cn1.CC(C)c1ccc(N2CCN(C)[C@@H](C(C)(C)O)C2)cn1.CC(C)c1ccc(N2CCN(C)[C@H](C(C)(C)O)C2)cn1.Cc1nc(C(C)C)ccc1N1CCN(C)CC1. The average Bonchev–Trinajstić information content (AvgIpc) is 0.810. The molecule has 3 atom stereocenters. The zero-order valence-electron chi connectivity index (χ0n) is 87.5. The molecular weight excluding hydrogens is 1630 g/mol. The van der Waals surface area contributed by atoms with Crippen LogP contribution in [0.5, 0.6) is 0 Å². The highest BCUT2D eigenvalue weighted by molar-refractivity contribution is 5.52. The molecule has 0 radical (unpaired) electrons. The van der Waals surface area contributed by atoms with Crippen molar-refractivity contribution < 1.29 is 15.3 Å². The van der Waals surface area contributed by atoms with Gasteiger partial charge in [0, 0.05) is 240 Å². The molecule has 0 amide bonds. The van der Waals surface area contributed by atoms with Crippen LogP contribution in [0, 0.1) is 6.92 Å². The first-order chi connectivity index (χ1) is 61.5. The van der Waals surface area contributed by atoms with Crippen molar-refractivity contribution in [2.45, 2.75) is 280 Å². The fraction of sp³-hybridized carbons (Fsp3) is 0.673. The molecule has 24 heteroatoms. The number of hydrogen-bond acceptors (Lipinski definition) is 24. The fourth-order valence-electron chi connectivity index (χ4n) is 18.0. The first-order valence-electron chi connectivity index (χ1n) is 49.4. The summed E-state index contributed by atoms with van der Waals surface area (Å²) in [6, 6.07) is 30.8. The lowest BCUT2D eigenvalue weighted by molar-refractivity contribution is -0.0143. The van der Waals surface area contributed by atoms with Gasteiger partial charge in [0.05, 0.1) is 82.0 Å². The minimum atomic E-state index is -0.696. The molecule has 0 aliphatic carbocycles. The summed E-state index contributed by atoms with van der Waals surface area (Å²) in [5.41, 5.74) is 16.4. The number of aliphatic hydroxyl groups is 3. The van der Waals surface area contributed by atoms with Crippen molar-refractivity contribution in [1.82, 2.24) is 84.3 Å². The van der Waals surface area contributed by atoms with E-state index in [-0.39, 0.29) is 29.2 Å². The van der Waals surface area contributed by atoms with Gasteiger partial charge in [0.15, 0.2) is 0 Å². The van der Waals surface area contributed by atoms with E-state index in [0.717, 1.165) is 178 Å². The molecule has 14 heterocycles. The molecule has 4 N–H and O–H groups in total. The van der Waals surface area contributed by atoms with Crippen LogP contribution >= 0.6 is 0 Å². The van der Waals surface area contributed by atoms with E-state index in [1.54, 1.807) is 0 Å². The Kier molecular flexibility index (Phi) is 41.6. The molecule has 7 fully saturated rings. The van der Waals surface area contributed by atoms with Crippen molar-refractivity contribution in [1.29, 1.82) is 0 Å². The first-order valence-corrected chi connectivity index (χ1v) is 49.4. The Hall–Kier alpha value is -7.27. The predicted molar refractivity (Wildman–Crippen MR) is 550 cm³/mol. The summed E-state index contributed by atoms with van der Waals surface area (Å²) < 4.78 is 0. The summed E-state index contributed by atoms with van der Waals surface area (Å²) in [6.07, 6.45) is 12.0. The van der Waals surface area contributed by atoms with Crippen LogP contribution in [0.1, 0.15) is 270 Å². The van der Waals surface area contributed by atoms with E-state index < -0.39 is 16.8 Å². The first kappa shape index (κ1) is 109. The molecular formula is C107H179N21O3. The Morgan fingerprint density at radius 2 is 0.634 bits per heavy atom. The van der Waals surface area contributed by atoms with Gasteiger partial charge in [-0.1, -0.05) is 115 Å². The third-order valence-corrected chi connectivity index (χ3v) is 27.4. The van der Waals surface area contributed by atoms with Crippen molar-refractivity contribution in [3.8, 4) is 0 Å². The van der Waals surface area contributed by atoms with Crippen molar-refractivity contribution in [2.24, 2.45) is 0 Å². The van der Waals surface area contributed by atoms with Gasteiger partial charge in [-0.25, -0.2) is 0 Å². The lowest BCUT2D eigenvalue weighted by Crippen LogP contribution is -2.59. The van der Waals surface area contributed by atoms with Crippen LogP contribution in [0.15, 0.2) is 122 Å². The number of nitrogens with zero attached hydrogens (tertiary/aromatic N) is 20. The van der Waals surface area contributed by atoms with Gasteiger partial charge in [-0.15, -0.1) is 0 Å².